The lowest BCUT2D eigenvalue weighted by atomic mass is 10.0. The zero-order valence-electron chi connectivity index (χ0n) is 13.6. The Labute approximate surface area is 146 Å². The highest BCUT2D eigenvalue weighted by Crippen LogP contribution is 2.24. The zero-order valence-corrected chi connectivity index (χ0v) is 14.4. The maximum Gasteiger partial charge on any atom is 0.149 e. The first kappa shape index (κ1) is 17.0. The molecule has 1 aliphatic heterocycles. The Bertz CT molecular complexity index is 647. The topological polar surface area (TPSA) is 59.5 Å². The molecule has 7 heteroatoms. The van der Waals surface area contributed by atoms with E-state index in [9.17, 15) is 0 Å². The summed E-state index contributed by atoms with van der Waals surface area (Å²) in [6.07, 6.45) is 3.20. The Balaban J connectivity index is 1.75. The summed E-state index contributed by atoms with van der Waals surface area (Å²) in [7, 11) is 1.67. The summed E-state index contributed by atoms with van der Waals surface area (Å²) in [6, 6.07) is 8.39. The Morgan fingerprint density at radius 1 is 1.25 bits per heavy atom. The van der Waals surface area contributed by atoms with Crippen LogP contribution in [0.3, 0.4) is 0 Å². The van der Waals surface area contributed by atoms with E-state index in [0.29, 0.717) is 17.5 Å². The normalized spacial score (nSPS) is 16.6. The summed E-state index contributed by atoms with van der Waals surface area (Å²) >= 11 is 5.90. The molecule has 1 aromatic heterocycles. The largest absolute Gasteiger partial charge is 0.497 e. The van der Waals surface area contributed by atoms with E-state index < -0.39 is 0 Å². The molecule has 0 spiro atoms. The van der Waals surface area contributed by atoms with E-state index in [4.69, 9.17) is 21.1 Å². The SMILES string of the molecule is COc1ccc(C(CNc2cncc(Cl)n2)N2CCOCC2)cc1. The highest BCUT2D eigenvalue weighted by atomic mass is 35.5. The van der Waals surface area contributed by atoms with Gasteiger partial charge in [-0.2, -0.15) is 0 Å². The fraction of sp³-hybridized carbons (Fsp3) is 0.412. The van der Waals surface area contributed by atoms with Gasteiger partial charge in [-0.05, 0) is 17.7 Å². The van der Waals surface area contributed by atoms with Crippen molar-refractivity contribution in [1.29, 1.82) is 0 Å². The molecule has 1 unspecified atom stereocenters. The molecule has 1 atom stereocenters. The first-order valence-corrected chi connectivity index (χ1v) is 8.31. The van der Waals surface area contributed by atoms with Gasteiger partial charge in [-0.3, -0.25) is 9.88 Å². The monoisotopic (exact) mass is 348 g/mol. The van der Waals surface area contributed by atoms with Crippen molar-refractivity contribution >= 4 is 17.4 Å². The van der Waals surface area contributed by atoms with E-state index in [0.717, 1.165) is 32.1 Å². The van der Waals surface area contributed by atoms with Gasteiger partial charge in [-0.15, -0.1) is 0 Å². The summed E-state index contributed by atoms with van der Waals surface area (Å²) in [5, 5.41) is 3.72. The van der Waals surface area contributed by atoms with Gasteiger partial charge in [-0.25, -0.2) is 4.98 Å². The molecule has 6 nitrogen and oxygen atoms in total. The number of nitrogens with zero attached hydrogens (tertiary/aromatic N) is 3. The number of methoxy groups -OCH3 is 1. The number of benzene rings is 1. The summed E-state index contributed by atoms with van der Waals surface area (Å²) in [4.78, 5) is 10.7. The van der Waals surface area contributed by atoms with Gasteiger partial charge in [0.05, 0.1) is 38.8 Å². The van der Waals surface area contributed by atoms with Crippen LogP contribution in [0.1, 0.15) is 11.6 Å². The maximum atomic E-state index is 5.90. The van der Waals surface area contributed by atoms with Crippen LogP contribution in [-0.4, -0.2) is 54.8 Å². The molecular formula is C17H21ClN4O2. The molecule has 0 radical (unpaired) electrons. The van der Waals surface area contributed by atoms with Gasteiger partial charge in [0.1, 0.15) is 16.7 Å². The second-order valence-corrected chi connectivity index (χ2v) is 5.93. The summed E-state index contributed by atoms with van der Waals surface area (Å²) in [5.41, 5.74) is 1.22. The third-order valence-corrected chi connectivity index (χ3v) is 4.25. The predicted octanol–water partition coefficient (Wildman–Crippen LogP) is 2.62. The lowest BCUT2D eigenvalue weighted by Crippen LogP contribution is -2.41. The molecule has 1 aliphatic rings. The summed E-state index contributed by atoms with van der Waals surface area (Å²) < 4.78 is 10.7. The van der Waals surface area contributed by atoms with Crippen molar-refractivity contribution in [3.8, 4) is 5.75 Å². The van der Waals surface area contributed by atoms with Crippen LogP contribution in [0, 0.1) is 0 Å². The Kier molecular flexibility index (Phi) is 5.85. The van der Waals surface area contributed by atoms with Crippen molar-refractivity contribution in [3.05, 3.63) is 47.4 Å². The summed E-state index contributed by atoms with van der Waals surface area (Å²) in [6.45, 7) is 4.02. The third kappa shape index (κ3) is 4.35. The Hall–Kier alpha value is -1.89. The molecule has 128 valence electrons. The van der Waals surface area contributed by atoms with Crippen molar-refractivity contribution in [2.45, 2.75) is 6.04 Å². The zero-order chi connectivity index (χ0) is 16.8. The molecule has 0 saturated carbocycles. The van der Waals surface area contributed by atoms with Crippen molar-refractivity contribution < 1.29 is 9.47 Å². The first-order valence-electron chi connectivity index (χ1n) is 7.93. The number of hydrogen-bond donors (Lipinski definition) is 1. The predicted molar refractivity (Wildman–Crippen MR) is 93.7 cm³/mol. The Morgan fingerprint density at radius 2 is 2.00 bits per heavy atom. The van der Waals surface area contributed by atoms with Gasteiger partial charge < -0.3 is 14.8 Å². The van der Waals surface area contributed by atoms with Crippen LogP contribution in [0.4, 0.5) is 5.82 Å². The molecule has 3 rings (SSSR count). The standard InChI is InChI=1S/C17H21ClN4O2/c1-23-14-4-2-13(3-5-14)15(22-6-8-24-9-7-22)10-20-17-12-19-11-16(18)21-17/h2-5,11-12,15H,6-10H2,1H3,(H,20,21). The third-order valence-electron chi connectivity index (χ3n) is 4.07. The average molecular weight is 349 g/mol. The smallest absolute Gasteiger partial charge is 0.149 e. The number of nitrogens with one attached hydrogen (secondary N) is 1. The van der Waals surface area contributed by atoms with E-state index in [1.807, 2.05) is 12.1 Å². The van der Waals surface area contributed by atoms with Crippen molar-refractivity contribution in [3.63, 3.8) is 0 Å². The average Bonchev–Trinajstić information content (AvgIpc) is 2.63. The molecule has 1 saturated heterocycles. The van der Waals surface area contributed by atoms with E-state index >= 15 is 0 Å². The quantitative estimate of drug-likeness (QED) is 0.866. The van der Waals surface area contributed by atoms with Crippen molar-refractivity contribution in [1.82, 2.24) is 14.9 Å². The van der Waals surface area contributed by atoms with E-state index in [1.165, 1.54) is 11.8 Å². The van der Waals surface area contributed by atoms with Gasteiger partial charge in [0, 0.05) is 19.6 Å². The highest BCUT2D eigenvalue weighted by Gasteiger charge is 2.22. The van der Waals surface area contributed by atoms with Crippen LogP contribution in [-0.2, 0) is 4.74 Å². The number of morpholine rings is 1. The molecule has 1 aromatic carbocycles. The lowest BCUT2D eigenvalue weighted by molar-refractivity contribution is 0.0187. The van der Waals surface area contributed by atoms with Crippen LogP contribution < -0.4 is 10.1 Å². The fourth-order valence-corrected chi connectivity index (χ4v) is 2.95. The number of rotatable bonds is 6. The molecule has 1 N–H and O–H groups in total. The van der Waals surface area contributed by atoms with E-state index in [-0.39, 0.29) is 6.04 Å². The van der Waals surface area contributed by atoms with Crippen LogP contribution in [0.2, 0.25) is 5.15 Å². The fourth-order valence-electron chi connectivity index (χ4n) is 2.80. The van der Waals surface area contributed by atoms with Gasteiger partial charge >= 0.3 is 0 Å². The lowest BCUT2D eigenvalue weighted by Gasteiger charge is -2.35. The van der Waals surface area contributed by atoms with Gasteiger partial charge in [-0.1, -0.05) is 23.7 Å². The van der Waals surface area contributed by atoms with Crippen LogP contribution in [0.15, 0.2) is 36.7 Å². The number of ether oxygens (including phenoxy) is 2. The van der Waals surface area contributed by atoms with Crippen molar-refractivity contribution in [2.75, 3.05) is 45.3 Å². The number of hydrogen-bond acceptors (Lipinski definition) is 6. The number of aromatic nitrogens is 2. The molecule has 2 heterocycles. The minimum absolute atomic E-state index is 0.209. The second-order valence-electron chi connectivity index (χ2n) is 5.55. The van der Waals surface area contributed by atoms with Crippen LogP contribution in [0.25, 0.3) is 0 Å². The van der Waals surface area contributed by atoms with Crippen LogP contribution in [0.5, 0.6) is 5.75 Å². The van der Waals surface area contributed by atoms with Gasteiger partial charge in [0.15, 0.2) is 0 Å². The molecular weight excluding hydrogens is 328 g/mol. The molecule has 0 amide bonds. The second kappa shape index (κ2) is 8.28. The number of halogens is 1. The highest BCUT2D eigenvalue weighted by molar-refractivity contribution is 6.29. The Morgan fingerprint density at radius 3 is 2.67 bits per heavy atom. The van der Waals surface area contributed by atoms with Crippen molar-refractivity contribution in [2.24, 2.45) is 0 Å². The van der Waals surface area contributed by atoms with Gasteiger partial charge in [0.2, 0.25) is 0 Å². The molecule has 0 aliphatic carbocycles. The summed E-state index contributed by atoms with van der Waals surface area (Å²) in [5.74, 6) is 1.53. The minimum Gasteiger partial charge on any atom is -0.497 e. The first-order chi connectivity index (χ1) is 11.8. The molecule has 0 bridgehead atoms. The van der Waals surface area contributed by atoms with E-state index in [2.05, 4.69) is 32.3 Å². The van der Waals surface area contributed by atoms with Gasteiger partial charge in [0.25, 0.3) is 0 Å². The van der Waals surface area contributed by atoms with Crippen LogP contribution >= 0.6 is 11.6 Å². The molecule has 24 heavy (non-hydrogen) atoms. The number of anilines is 1. The molecule has 2 aromatic rings. The molecule has 1 fully saturated rings. The maximum absolute atomic E-state index is 5.90. The minimum atomic E-state index is 0.209. The van der Waals surface area contributed by atoms with E-state index in [1.54, 1.807) is 13.3 Å².